The van der Waals surface area contributed by atoms with E-state index in [1.165, 1.54) is 5.56 Å². The maximum atomic E-state index is 12.8. The molecule has 0 radical (unpaired) electrons. The van der Waals surface area contributed by atoms with Crippen molar-refractivity contribution in [2.24, 2.45) is 0 Å². The lowest BCUT2D eigenvalue weighted by molar-refractivity contribution is 0.0930. The Morgan fingerprint density at radius 3 is 2.25 bits per heavy atom. The predicted octanol–water partition coefficient (Wildman–Crippen LogP) is 4.01. The van der Waals surface area contributed by atoms with Gasteiger partial charge in [0.05, 0.1) is 5.52 Å². The van der Waals surface area contributed by atoms with Crippen molar-refractivity contribution >= 4 is 41.6 Å². The number of piperazine rings is 1. The van der Waals surface area contributed by atoms with Crippen LogP contribution in [0.4, 0.5) is 0 Å². The molecule has 4 rings (SSSR count). The summed E-state index contributed by atoms with van der Waals surface area (Å²) < 4.78 is 1.93. The number of nitrogens with one attached hydrogen (secondary N) is 1. The second-order valence-corrected chi connectivity index (χ2v) is 8.26. The first-order valence-electron chi connectivity index (χ1n) is 10.9. The van der Waals surface area contributed by atoms with E-state index in [4.69, 9.17) is 0 Å². The van der Waals surface area contributed by atoms with E-state index in [0.717, 1.165) is 50.2 Å². The quantitative estimate of drug-likeness (QED) is 0.558. The van der Waals surface area contributed by atoms with Gasteiger partial charge in [-0.1, -0.05) is 48.5 Å². The summed E-state index contributed by atoms with van der Waals surface area (Å²) in [6.45, 7) is 10.9. The maximum absolute atomic E-state index is 12.8. The summed E-state index contributed by atoms with van der Waals surface area (Å²) in [4.78, 5) is 17.7. The molecule has 2 aromatic carbocycles. The third kappa shape index (κ3) is 6.23. The average Bonchev–Trinajstić information content (AvgIpc) is 3.16. The van der Waals surface area contributed by atoms with Gasteiger partial charge in [0.15, 0.2) is 5.69 Å². The molecule has 0 bridgehead atoms. The molecule has 32 heavy (non-hydrogen) atoms. The Labute approximate surface area is 202 Å². The van der Waals surface area contributed by atoms with Crippen molar-refractivity contribution < 1.29 is 4.79 Å². The third-order valence-corrected chi connectivity index (χ3v) is 5.75. The van der Waals surface area contributed by atoms with E-state index in [1.54, 1.807) is 0 Å². The van der Waals surface area contributed by atoms with Crippen LogP contribution in [0.5, 0.6) is 0 Å². The number of amides is 1. The van der Waals surface area contributed by atoms with Gasteiger partial charge < -0.3 is 5.32 Å². The van der Waals surface area contributed by atoms with E-state index in [9.17, 15) is 4.79 Å². The molecule has 1 aliphatic rings. The minimum absolute atomic E-state index is 0. The van der Waals surface area contributed by atoms with Gasteiger partial charge in [-0.2, -0.15) is 5.10 Å². The Morgan fingerprint density at radius 1 is 0.938 bits per heavy atom. The zero-order valence-electron chi connectivity index (χ0n) is 18.7. The number of fused-ring (bicyclic) bond motifs is 1. The molecule has 0 saturated carbocycles. The van der Waals surface area contributed by atoms with Gasteiger partial charge in [-0.05, 0) is 25.5 Å². The van der Waals surface area contributed by atoms with Crippen molar-refractivity contribution in [3.63, 3.8) is 0 Å². The molecule has 174 valence electrons. The molecule has 1 aliphatic heterocycles. The zero-order chi connectivity index (χ0) is 20.9. The Morgan fingerprint density at radius 2 is 1.56 bits per heavy atom. The number of carbonyl (C=O) groups is 1. The van der Waals surface area contributed by atoms with Crippen LogP contribution in [-0.4, -0.2) is 64.8 Å². The van der Waals surface area contributed by atoms with Crippen molar-refractivity contribution in [2.75, 3.05) is 39.3 Å². The zero-order valence-corrected chi connectivity index (χ0v) is 20.4. The van der Waals surface area contributed by atoms with Gasteiger partial charge in [-0.15, -0.1) is 24.8 Å². The lowest BCUT2D eigenvalue weighted by atomic mass is 10.2. The number of carbonyl (C=O) groups excluding carboxylic acids is 1. The molecule has 0 atom stereocenters. The molecule has 8 heteroatoms. The Hall–Kier alpha value is -2.12. The Kier molecular flexibility index (Phi) is 9.97. The number of aromatic nitrogens is 2. The van der Waals surface area contributed by atoms with Crippen LogP contribution in [-0.2, 0) is 6.54 Å². The average molecular weight is 478 g/mol. The van der Waals surface area contributed by atoms with Gasteiger partial charge in [-0.3, -0.25) is 19.3 Å². The molecule has 6 nitrogen and oxygen atoms in total. The number of nitrogens with zero attached hydrogens (tertiary/aromatic N) is 4. The first-order valence-corrected chi connectivity index (χ1v) is 10.9. The number of hydrogen-bond donors (Lipinski definition) is 1. The summed E-state index contributed by atoms with van der Waals surface area (Å²) in [5.74, 6) is -0.0895. The number of halogens is 2. The number of para-hydroxylation sites is 1. The standard InChI is InChI=1S/C24H31N5O.2ClH/c1-19(2)29-22-11-7-6-10-21(22)23(26-29)24(30)25-12-13-27-14-16-28(17-15-27)18-20-8-4-3-5-9-20;;/h3-11,19H,12-18H2,1-2H3,(H,25,30);2*1H. The lowest BCUT2D eigenvalue weighted by Crippen LogP contribution is -2.48. The van der Waals surface area contributed by atoms with Gasteiger partial charge in [0.1, 0.15) is 0 Å². The smallest absolute Gasteiger partial charge is 0.272 e. The highest BCUT2D eigenvalue weighted by Gasteiger charge is 2.19. The molecule has 0 unspecified atom stereocenters. The van der Waals surface area contributed by atoms with Crippen molar-refractivity contribution in [1.82, 2.24) is 24.9 Å². The molecular formula is C24H33Cl2N5O. The van der Waals surface area contributed by atoms with Gasteiger partial charge in [0, 0.05) is 57.2 Å². The fraction of sp³-hybridized carbons (Fsp3) is 0.417. The molecule has 1 fully saturated rings. The van der Waals surface area contributed by atoms with E-state index >= 15 is 0 Å². The van der Waals surface area contributed by atoms with E-state index in [-0.39, 0.29) is 36.8 Å². The molecule has 1 N–H and O–H groups in total. The van der Waals surface area contributed by atoms with Crippen LogP contribution < -0.4 is 5.32 Å². The van der Waals surface area contributed by atoms with Crippen LogP contribution in [0.2, 0.25) is 0 Å². The summed E-state index contributed by atoms with van der Waals surface area (Å²) in [5.41, 5.74) is 2.89. The van der Waals surface area contributed by atoms with Crippen LogP contribution in [0.15, 0.2) is 54.6 Å². The van der Waals surface area contributed by atoms with Gasteiger partial charge in [0.2, 0.25) is 0 Å². The van der Waals surface area contributed by atoms with Gasteiger partial charge in [0.25, 0.3) is 5.91 Å². The van der Waals surface area contributed by atoms with Crippen molar-refractivity contribution in [3.8, 4) is 0 Å². The Bertz CT molecular complexity index is 984. The topological polar surface area (TPSA) is 53.4 Å². The molecule has 1 aromatic heterocycles. The van der Waals surface area contributed by atoms with Crippen LogP contribution in [0.25, 0.3) is 10.9 Å². The third-order valence-electron chi connectivity index (χ3n) is 5.75. The minimum atomic E-state index is -0.0895. The van der Waals surface area contributed by atoms with Gasteiger partial charge >= 0.3 is 0 Å². The fourth-order valence-corrected chi connectivity index (χ4v) is 4.07. The molecule has 3 aromatic rings. The van der Waals surface area contributed by atoms with Crippen LogP contribution in [0, 0.1) is 0 Å². The van der Waals surface area contributed by atoms with E-state index in [2.05, 4.69) is 64.4 Å². The number of hydrogen-bond acceptors (Lipinski definition) is 4. The SMILES string of the molecule is CC(C)n1nc(C(=O)NCCN2CCN(Cc3ccccc3)CC2)c2ccccc21.Cl.Cl. The first-order chi connectivity index (χ1) is 14.6. The number of rotatable bonds is 7. The molecule has 1 amide bonds. The van der Waals surface area contributed by atoms with Gasteiger partial charge in [-0.25, -0.2) is 0 Å². The van der Waals surface area contributed by atoms with E-state index in [1.807, 2.05) is 28.9 Å². The highest BCUT2D eigenvalue weighted by Crippen LogP contribution is 2.21. The second-order valence-electron chi connectivity index (χ2n) is 8.26. The maximum Gasteiger partial charge on any atom is 0.272 e. The summed E-state index contributed by atoms with van der Waals surface area (Å²) >= 11 is 0. The molecule has 1 saturated heterocycles. The lowest BCUT2D eigenvalue weighted by Gasteiger charge is -2.34. The normalized spacial score (nSPS) is 14.7. The largest absolute Gasteiger partial charge is 0.349 e. The van der Waals surface area contributed by atoms with Crippen molar-refractivity contribution in [3.05, 3.63) is 65.9 Å². The monoisotopic (exact) mass is 477 g/mol. The Balaban J connectivity index is 0.00000181. The molecular weight excluding hydrogens is 445 g/mol. The summed E-state index contributed by atoms with van der Waals surface area (Å²) in [6.07, 6.45) is 0. The summed E-state index contributed by atoms with van der Waals surface area (Å²) in [6, 6.07) is 18.8. The van der Waals surface area contributed by atoms with Crippen molar-refractivity contribution in [2.45, 2.75) is 26.4 Å². The predicted molar refractivity (Wildman–Crippen MR) is 135 cm³/mol. The number of benzene rings is 2. The second kappa shape index (κ2) is 12.2. The van der Waals surface area contributed by atoms with E-state index in [0.29, 0.717) is 12.2 Å². The highest BCUT2D eigenvalue weighted by molar-refractivity contribution is 6.04. The molecule has 0 spiro atoms. The first kappa shape index (κ1) is 26.1. The van der Waals surface area contributed by atoms with E-state index < -0.39 is 0 Å². The summed E-state index contributed by atoms with van der Waals surface area (Å²) in [5, 5.41) is 8.58. The molecule has 2 heterocycles. The minimum Gasteiger partial charge on any atom is -0.349 e. The highest BCUT2D eigenvalue weighted by atomic mass is 35.5. The van der Waals surface area contributed by atoms with Crippen LogP contribution in [0.3, 0.4) is 0 Å². The van der Waals surface area contributed by atoms with Crippen molar-refractivity contribution in [1.29, 1.82) is 0 Å². The van der Waals surface area contributed by atoms with Crippen LogP contribution in [0.1, 0.15) is 35.9 Å². The fourth-order valence-electron chi connectivity index (χ4n) is 4.07. The molecule has 0 aliphatic carbocycles. The van der Waals surface area contributed by atoms with Crippen LogP contribution >= 0.6 is 24.8 Å². The summed E-state index contributed by atoms with van der Waals surface area (Å²) in [7, 11) is 0.